The molecule has 4 nitrogen and oxygen atoms in total. The number of hydrogen-bond donors (Lipinski definition) is 2. The molecule has 5 heteroatoms. The number of amides is 1. The molecule has 1 aromatic carbocycles. The van der Waals surface area contributed by atoms with Crippen LogP contribution in [0.5, 0.6) is 5.75 Å². The van der Waals surface area contributed by atoms with E-state index in [1.165, 1.54) is 5.56 Å². The highest BCUT2D eigenvalue weighted by molar-refractivity contribution is 7.07. The lowest BCUT2D eigenvalue weighted by Gasteiger charge is -2.15. The summed E-state index contributed by atoms with van der Waals surface area (Å²) in [6, 6.07) is 8.92. The van der Waals surface area contributed by atoms with E-state index in [1.807, 2.05) is 18.4 Å². The molecule has 0 bridgehead atoms. The Morgan fingerprint density at radius 3 is 2.86 bits per heavy atom. The van der Waals surface area contributed by atoms with E-state index in [0.717, 1.165) is 0 Å². The van der Waals surface area contributed by atoms with Crippen LogP contribution in [0, 0.1) is 0 Å². The number of rotatable bonds is 6. The second kappa shape index (κ2) is 7.24. The van der Waals surface area contributed by atoms with Gasteiger partial charge in [-0.1, -0.05) is 19.1 Å². The van der Waals surface area contributed by atoms with Crippen molar-refractivity contribution < 1.29 is 14.6 Å². The zero-order valence-corrected chi connectivity index (χ0v) is 12.9. The molecule has 0 saturated heterocycles. The van der Waals surface area contributed by atoms with Crippen LogP contribution in [-0.4, -0.2) is 24.7 Å². The Kier molecular flexibility index (Phi) is 5.36. The van der Waals surface area contributed by atoms with E-state index in [1.54, 1.807) is 42.7 Å². The van der Waals surface area contributed by atoms with Crippen LogP contribution in [0.2, 0.25) is 0 Å². The van der Waals surface area contributed by atoms with E-state index in [2.05, 4.69) is 10.7 Å². The number of methoxy groups -OCH3 is 1. The highest BCUT2D eigenvalue weighted by atomic mass is 32.1. The molecule has 0 aliphatic rings. The summed E-state index contributed by atoms with van der Waals surface area (Å²) in [6.07, 6.45) is -1.19. The second-order valence-electron chi connectivity index (χ2n) is 4.88. The SMILES string of the molecule is COc1cccc([C@H](O)C(=O)NC[C@@H](C)c2ccsc2)c1. The van der Waals surface area contributed by atoms with Crippen molar-refractivity contribution in [2.45, 2.75) is 18.9 Å². The van der Waals surface area contributed by atoms with Crippen molar-refractivity contribution >= 4 is 17.2 Å². The minimum absolute atomic E-state index is 0.220. The number of nitrogens with one attached hydrogen (secondary N) is 1. The number of carbonyl (C=O) groups is 1. The summed E-state index contributed by atoms with van der Waals surface area (Å²) in [6.45, 7) is 2.54. The van der Waals surface area contributed by atoms with Crippen molar-refractivity contribution in [1.29, 1.82) is 0 Å². The van der Waals surface area contributed by atoms with Gasteiger partial charge in [-0.2, -0.15) is 11.3 Å². The molecule has 0 aliphatic heterocycles. The Bertz CT molecular complexity index is 583. The van der Waals surface area contributed by atoms with Gasteiger partial charge in [-0.15, -0.1) is 0 Å². The van der Waals surface area contributed by atoms with Crippen LogP contribution < -0.4 is 10.1 Å². The summed E-state index contributed by atoms with van der Waals surface area (Å²) in [7, 11) is 1.55. The normalized spacial score (nSPS) is 13.5. The van der Waals surface area contributed by atoms with Crippen LogP contribution in [0.1, 0.15) is 30.1 Å². The van der Waals surface area contributed by atoms with Crippen LogP contribution in [0.25, 0.3) is 0 Å². The number of ether oxygens (including phenoxy) is 1. The van der Waals surface area contributed by atoms with Gasteiger partial charge in [-0.05, 0) is 46.0 Å². The third kappa shape index (κ3) is 4.06. The average molecular weight is 305 g/mol. The summed E-state index contributed by atoms with van der Waals surface area (Å²) in [4.78, 5) is 12.0. The monoisotopic (exact) mass is 305 g/mol. The Morgan fingerprint density at radius 1 is 1.38 bits per heavy atom. The maximum absolute atomic E-state index is 12.0. The Labute approximate surface area is 128 Å². The molecule has 0 spiro atoms. The quantitative estimate of drug-likeness (QED) is 0.862. The molecule has 0 saturated carbocycles. The molecule has 21 heavy (non-hydrogen) atoms. The zero-order valence-electron chi connectivity index (χ0n) is 12.1. The largest absolute Gasteiger partial charge is 0.497 e. The van der Waals surface area contributed by atoms with Gasteiger partial charge in [0.25, 0.3) is 5.91 Å². The predicted molar refractivity (Wildman–Crippen MR) is 83.7 cm³/mol. The van der Waals surface area contributed by atoms with E-state index in [-0.39, 0.29) is 5.92 Å². The van der Waals surface area contributed by atoms with Gasteiger partial charge in [0.2, 0.25) is 0 Å². The van der Waals surface area contributed by atoms with Crippen LogP contribution in [0.4, 0.5) is 0 Å². The lowest BCUT2D eigenvalue weighted by atomic mass is 10.0. The molecule has 112 valence electrons. The first kappa shape index (κ1) is 15.5. The molecule has 2 atom stereocenters. The predicted octanol–water partition coefficient (Wildman–Crippen LogP) is 2.71. The first-order valence-electron chi connectivity index (χ1n) is 6.73. The Balaban J connectivity index is 1.93. The van der Waals surface area contributed by atoms with Gasteiger partial charge in [-0.25, -0.2) is 0 Å². The molecule has 0 fully saturated rings. The third-order valence-electron chi connectivity index (χ3n) is 3.35. The lowest BCUT2D eigenvalue weighted by Crippen LogP contribution is -2.32. The second-order valence-corrected chi connectivity index (χ2v) is 5.66. The molecular formula is C16H19NO3S. The third-order valence-corrected chi connectivity index (χ3v) is 4.05. The van der Waals surface area contributed by atoms with Crippen molar-refractivity contribution in [2.24, 2.45) is 0 Å². The summed E-state index contributed by atoms with van der Waals surface area (Å²) in [5.74, 6) is 0.439. The lowest BCUT2D eigenvalue weighted by molar-refractivity contribution is -0.129. The van der Waals surface area contributed by atoms with Crippen molar-refractivity contribution in [1.82, 2.24) is 5.32 Å². The Morgan fingerprint density at radius 2 is 2.19 bits per heavy atom. The summed E-state index contributed by atoms with van der Waals surface area (Å²) in [5, 5.41) is 16.9. The number of hydrogen-bond acceptors (Lipinski definition) is 4. The maximum atomic E-state index is 12.0. The van der Waals surface area contributed by atoms with E-state index < -0.39 is 12.0 Å². The Hall–Kier alpha value is -1.85. The first-order valence-corrected chi connectivity index (χ1v) is 7.68. The molecule has 1 aromatic heterocycles. The topological polar surface area (TPSA) is 58.6 Å². The van der Waals surface area contributed by atoms with E-state index in [4.69, 9.17) is 4.74 Å². The zero-order chi connectivity index (χ0) is 15.2. The molecule has 0 aliphatic carbocycles. The van der Waals surface area contributed by atoms with Crippen LogP contribution >= 0.6 is 11.3 Å². The van der Waals surface area contributed by atoms with Gasteiger partial charge in [-0.3, -0.25) is 4.79 Å². The molecule has 2 N–H and O–H groups in total. The highest BCUT2D eigenvalue weighted by Crippen LogP contribution is 2.20. The molecule has 1 amide bonds. The van der Waals surface area contributed by atoms with Gasteiger partial charge < -0.3 is 15.2 Å². The van der Waals surface area contributed by atoms with Crippen LogP contribution in [-0.2, 0) is 4.79 Å². The van der Waals surface area contributed by atoms with Crippen LogP contribution in [0.15, 0.2) is 41.1 Å². The minimum Gasteiger partial charge on any atom is -0.497 e. The fourth-order valence-corrected chi connectivity index (χ4v) is 2.77. The van der Waals surface area contributed by atoms with E-state index >= 15 is 0 Å². The highest BCUT2D eigenvalue weighted by Gasteiger charge is 2.18. The fourth-order valence-electron chi connectivity index (χ4n) is 1.99. The molecule has 2 rings (SSSR count). The number of thiophene rings is 1. The van der Waals surface area contributed by atoms with E-state index in [9.17, 15) is 9.90 Å². The van der Waals surface area contributed by atoms with Gasteiger partial charge >= 0.3 is 0 Å². The van der Waals surface area contributed by atoms with Crippen molar-refractivity contribution in [2.75, 3.05) is 13.7 Å². The summed E-state index contributed by atoms with van der Waals surface area (Å²) < 4.78 is 5.09. The maximum Gasteiger partial charge on any atom is 0.253 e. The molecular weight excluding hydrogens is 286 g/mol. The van der Waals surface area contributed by atoms with Crippen molar-refractivity contribution in [3.8, 4) is 5.75 Å². The number of aliphatic hydroxyl groups excluding tert-OH is 1. The average Bonchev–Trinajstić information content (AvgIpc) is 3.06. The number of carbonyl (C=O) groups excluding carboxylic acids is 1. The minimum atomic E-state index is -1.19. The van der Waals surface area contributed by atoms with Gasteiger partial charge in [0.15, 0.2) is 6.10 Å². The molecule has 0 radical (unpaired) electrons. The van der Waals surface area contributed by atoms with Gasteiger partial charge in [0.05, 0.1) is 7.11 Å². The van der Waals surface area contributed by atoms with Crippen LogP contribution in [0.3, 0.4) is 0 Å². The molecule has 2 aromatic rings. The molecule has 0 unspecified atom stereocenters. The van der Waals surface area contributed by atoms with Crippen molar-refractivity contribution in [3.63, 3.8) is 0 Å². The van der Waals surface area contributed by atoms with Gasteiger partial charge in [0, 0.05) is 6.54 Å². The number of aliphatic hydroxyl groups is 1. The van der Waals surface area contributed by atoms with Gasteiger partial charge in [0.1, 0.15) is 5.75 Å². The first-order chi connectivity index (χ1) is 10.1. The summed E-state index contributed by atoms with van der Waals surface area (Å²) in [5.41, 5.74) is 1.71. The fraction of sp³-hybridized carbons (Fsp3) is 0.312. The molecule has 1 heterocycles. The number of benzene rings is 1. The van der Waals surface area contributed by atoms with Crippen molar-refractivity contribution in [3.05, 3.63) is 52.2 Å². The standard InChI is InChI=1S/C16H19NO3S/c1-11(13-6-7-21-10-13)9-17-16(19)15(18)12-4-3-5-14(8-12)20-2/h3-8,10-11,15,18H,9H2,1-2H3,(H,17,19)/t11-,15+/m1/s1. The van der Waals surface area contributed by atoms with E-state index in [0.29, 0.717) is 17.9 Å². The summed E-state index contributed by atoms with van der Waals surface area (Å²) >= 11 is 1.63. The smallest absolute Gasteiger partial charge is 0.253 e.